The zero-order valence-corrected chi connectivity index (χ0v) is 15.1. The van der Waals surface area contributed by atoms with E-state index in [0.717, 1.165) is 61.6 Å². The van der Waals surface area contributed by atoms with Crippen LogP contribution in [0.3, 0.4) is 0 Å². The first-order valence-corrected chi connectivity index (χ1v) is 9.06. The molecule has 2 aromatic heterocycles. The van der Waals surface area contributed by atoms with Gasteiger partial charge in [0.15, 0.2) is 5.69 Å². The normalized spacial score (nSPS) is 21.1. The number of rotatable bonds is 3. The van der Waals surface area contributed by atoms with Crippen LogP contribution in [0.1, 0.15) is 71.8 Å². The smallest absolute Gasteiger partial charge is 0.275 e. The highest BCUT2D eigenvalue weighted by atomic mass is 16.5. The molecule has 0 aromatic carbocycles. The molecular formula is C18H25N5O2. The van der Waals surface area contributed by atoms with Gasteiger partial charge in [0, 0.05) is 49.3 Å². The van der Waals surface area contributed by atoms with Crippen LogP contribution in [0.15, 0.2) is 10.6 Å². The number of amides is 1. The van der Waals surface area contributed by atoms with E-state index in [0.29, 0.717) is 11.6 Å². The summed E-state index contributed by atoms with van der Waals surface area (Å²) in [6.07, 6.45) is 2.81. The maximum atomic E-state index is 13.2. The van der Waals surface area contributed by atoms with Crippen LogP contribution in [0.25, 0.3) is 0 Å². The van der Waals surface area contributed by atoms with Gasteiger partial charge in [-0.25, -0.2) is 0 Å². The summed E-state index contributed by atoms with van der Waals surface area (Å²) in [7, 11) is 2.08. The second-order valence-electron chi connectivity index (χ2n) is 7.48. The molecule has 2 aromatic rings. The zero-order valence-electron chi connectivity index (χ0n) is 15.1. The van der Waals surface area contributed by atoms with Gasteiger partial charge in [-0.15, -0.1) is 0 Å². The monoisotopic (exact) mass is 343 g/mol. The summed E-state index contributed by atoms with van der Waals surface area (Å²) >= 11 is 0. The molecular weight excluding hydrogens is 318 g/mol. The molecule has 0 bridgehead atoms. The fourth-order valence-corrected chi connectivity index (χ4v) is 3.79. The fraction of sp³-hybridized carbons (Fsp3) is 0.611. The topological polar surface area (TPSA) is 78.3 Å². The van der Waals surface area contributed by atoms with E-state index in [4.69, 9.17) is 4.52 Å². The Kier molecular flexibility index (Phi) is 4.11. The van der Waals surface area contributed by atoms with Crippen molar-refractivity contribution in [1.82, 2.24) is 25.2 Å². The van der Waals surface area contributed by atoms with Crippen molar-refractivity contribution in [2.45, 2.75) is 51.6 Å². The van der Waals surface area contributed by atoms with Gasteiger partial charge in [-0.2, -0.15) is 5.10 Å². The van der Waals surface area contributed by atoms with Crippen molar-refractivity contribution in [3.05, 3.63) is 34.5 Å². The number of H-pyrrole nitrogens is 1. The Morgan fingerprint density at radius 3 is 3.00 bits per heavy atom. The van der Waals surface area contributed by atoms with E-state index >= 15 is 0 Å². The number of likely N-dealkylation sites (N-methyl/N-ethyl adjacent to an activating group) is 1. The third kappa shape index (κ3) is 2.86. The summed E-state index contributed by atoms with van der Waals surface area (Å²) in [5.41, 5.74) is 3.57. The molecule has 7 heteroatoms. The standard InChI is InChI=1S/C18H25N5O2/c1-11(2)16-9-14(21-25-16)15-5-4-7-23(15)18(24)17-12-10-22(3)8-6-13(12)19-20-17/h9,11,15H,4-8,10H2,1-3H3,(H,19,20)/t15-/m0/s1. The van der Waals surface area contributed by atoms with Crippen LogP contribution in [0.2, 0.25) is 0 Å². The molecule has 1 atom stereocenters. The van der Waals surface area contributed by atoms with Gasteiger partial charge < -0.3 is 14.3 Å². The van der Waals surface area contributed by atoms with Crippen LogP contribution < -0.4 is 0 Å². The van der Waals surface area contributed by atoms with E-state index in [9.17, 15) is 4.79 Å². The number of hydrogen-bond donors (Lipinski definition) is 1. The van der Waals surface area contributed by atoms with Crippen molar-refractivity contribution in [3.63, 3.8) is 0 Å². The SMILES string of the molecule is CC(C)c1cc([C@@H]2CCCN2C(=O)c2n[nH]c3c2CN(C)CC3)no1. The Balaban J connectivity index is 1.60. The summed E-state index contributed by atoms with van der Waals surface area (Å²) in [6, 6.07) is 1.98. The molecule has 4 rings (SSSR count). The molecule has 0 unspecified atom stereocenters. The molecule has 1 saturated heterocycles. The van der Waals surface area contributed by atoms with E-state index in [1.807, 2.05) is 11.0 Å². The number of nitrogens with zero attached hydrogens (tertiary/aromatic N) is 4. The van der Waals surface area contributed by atoms with Gasteiger partial charge in [0.2, 0.25) is 0 Å². The number of nitrogens with one attached hydrogen (secondary N) is 1. The van der Waals surface area contributed by atoms with E-state index < -0.39 is 0 Å². The van der Waals surface area contributed by atoms with E-state index in [-0.39, 0.29) is 11.9 Å². The number of carbonyl (C=O) groups excluding carboxylic acids is 1. The highest BCUT2D eigenvalue weighted by Gasteiger charge is 2.36. The van der Waals surface area contributed by atoms with Gasteiger partial charge in [0.05, 0.1) is 6.04 Å². The molecule has 2 aliphatic heterocycles. The van der Waals surface area contributed by atoms with Crippen molar-refractivity contribution < 1.29 is 9.32 Å². The number of fused-ring (bicyclic) bond motifs is 1. The third-order valence-corrected chi connectivity index (χ3v) is 5.30. The Labute approximate surface area is 147 Å². The maximum Gasteiger partial charge on any atom is 0.275 e. The predicted octanol–water partition coefficient (Wildman–Crippen LogP) is 2.49. The molecule has 0 saturated carbocycles. The summed E-state index contributed by atoms with van der Waals surface area (Å²) in [5.74, 6) is 1.16. The zero-order chi connectivity index (χ0) is 17.6. The van der Waals surface area contributed by atoms with Gasteiger partial charge in [-0.05, 0) is 19.9 Å². The number of aromatic nitrogens is 3. The summed E-state index contributed by atoms with van der Waals surface area (Å²) in [5, 5.41) is 11.6. The Hall–Kier alpha value is -2.15. The average Bonchev–Trinajstić information content (AvgIpc) is 3.31. The molecule has 0 spiro atoms. The largest absolute Gasteiger partial charge is 0.361 e. The lowest BCUT2D eigenvalue weighted by Gasteiger charge is -2.25. The Bertz CT molecular complexity index is 778. The molecule has 25 heavy (non-hydrogen) atoms. The minimum atomic E-state index is -0.0163. The fourth-order valence-electron chi connectivity index (χ4n) is 3.79. The lowest BCUT2D eigenvalue weighted by atomic mass is 10.0. The molecule has 134 valence electrons. The van der Waals surface area contributed by atoms with Crippen LogP contribution >= 0.6 is 0 Å². The molecule has 4 heterocycles. The number of carbonyl (C=O) groups is 1. The van der Waals surface area contributed by atoms with Crippen molar-refractivity contribution in [2.75, 3.05) is 20.1 Å². The van der Waals surface area contributed by atoms with E-state index in [2.05, 4.69) is 41.1 Å². The van der Waals surface area contributed by atoms with Crippen molar-refractivity contribution in [1.29, 1.82) is 0 Å². The third-order valence-electron chi connectivity index (χ3n) is 5.30. The van der Waals surface area contributed by atoms with Gasteiger partial charge in [0.25, 0.3) is 5.91 Å². The van der Waals surface area contributed by atoms with Crippen LogP contribution in [0.5, 0.6) is 0 Å². The van der Waals surface area contributed by atoms with Crippen LogP contribution in [-0.2, 0) is 13.0 Å². The van der Waals surface area contributed by atoms with Gasteiger partial charge >= 0.3 is 0 Å². The van der Waals surface area contributed by atoms with Crippen molar-refractivity contribution in [2.24, 2.45) is 0 Å². The van der Waals surface area contributed by atoms with E-state index in [1.165, 1.54) is 0 Å². The number of likely N-dealkylation sites (tertiary alicyclic amines) is 1. The summed E-state index contributed by atoms with van der Waals surface area (Å²) < 4.78 is 5.45. The second-order valence-corrected chi connectivity index (χ2v) is 7.48. The molecule has 1 fully saturated rings. The minimum Gasteiger partial charge on any atom is -0.361 e. The van der Waals surface area contributed by atoms with Gasteiger partial charge in [-0.3, -0.25) is 9.89 Å². The van der Waals surface area contributed by atoms with E-state index in [1.54, 1.807) is 0 Å². The quantitative estimate of drug-likeness (QED) is 0.926. The Morgan fingerprint density at radius 1 is 1.40 bits per heavy atom. The summed E-state index contributed by atoms with van der Waals surface area (Å²) in [4.78, 5) is 17.3. The molecule has 1 amide bonds. The first kappa shape index (κ1) is 16.3. The number of aromatic amines is 1. The lowest BCUT2D eigenvalue weighted by molar-refractivity contribution is 0.0722. The predicted molar refractivity (Wildman–Crippen MR) is 92.2 cm³/mol. The molecule has 0 aliphatic carbocycles. The molecule has 2 aliphatic rings. The minimum absolute atomic E-state index is 0.00407. The van der Waals surface area contributed by atoms with Crippen LogP contribution in [0, 0.1) is 0 Å². The Morgan fingerprint density at radius 2 is 2.24 bits per heavy atom. The van der Waals surface area contributed by atoms with Crippen molar-refractivity contribution in [3.8, 4) is 0 Å². The first-order chi connectivity index (χ1) is 12.0. The molecule has 1 N–H and O–H groups in total. The highest BCUT2D eigenvalue weighted by molar-refractivity contribution is 5.94. The number of hydrogen-bond acceptors (Lipinski definition) is 5. The van der Waals surface area contributed by atoms with Crippen molar-refractivity contribution >= 4 is 5.91 Å². The maximum absolute atomic E-state index is 13.2. The van der Waals surface area contributed by atoms with Gasteiger partial charge in [0.1, 0.15) is 11.5 Å². The second kappa shape index (κ2) is 6.29. The lowest BCUT2D eigenvalue weighted by Crippen LogP contribution is -2.33. The van der Waals surface area contributed by atoms with Crippen LogP contribution in [0.4, 0.5) is 0 Å². The average molecular weight is 343 g/mol. The highest BCUT2D eigenvalue weighted by Crippen LogP contribution is 2.34. The summed E-state index contributed by atoms with van der Waals surface area (Å²) in [6.45, 7) is 6.66. The molecule has 7 nitrogen and oxygen atoms in total. The van der Waals surface area contributed by atoms with Crippen LogP contribution in [-0.4, -0.2) is 51.2 Å². The van der Waals surface area contributed by atoms with Gasteiger partial charge in [-0.1, -0.05) is 19.0 Å². The molecule has 0 radical (unpaired) electrons. The first-order valence-electron chi connectivity index (χ1n) is 9.06.